The number of ether oxygens (including phenoxy) is 1. The lowest BCUT2D eigenvalue weighted by atomic mass is 10.1. The van der Waals surface area contributed by atoms with Crippen LogP contribution in [0.2, 0.25) is 0 Å². The summed E-state index contributed by atoms with van der Waals surface area (Å²) in [6.45, 7) is 0.442. The van der Waals surface area contributed by atoms with E-state index in [0.29, 0.717) is 12.5 Å². The van der Waals surface area contributed by atoms with Gasteiger partial charge in [-0.05, 0) is 37.0 Å². The summed E-state index contributed by atoms with van der Waals surface area (Å²) in [6.07, 6.45) is -2.19. The Kier molecular flexibility index (Phi) is 3.09. The second-order valence-corrected chi connectivity index (χ2v) is 4.12. The Bertz CT molecular complexity index is 422. The molecule has 0 unspecified atom stereocenters. The molecule has 1 saturated carbocycles. The predicted octanol–water partition coefficient (Wildman–Crippen LogP) is 3.31. The molecule has 2 rings (SSSR count). The van der Waals surface area contributed by atoms with Gasteiger partial charge < -0.3 is 4.74 Å². The minimum Gasteiger partial charge on any atom is -0.493 e. The Labute approximate surface area is 96.4 Å². The number of halogens is 3. The van der Waals surface area contributed by atoms with Gasteiger partial charge in [0.15, 0.2) is 6.29 Å². The lowest BCUT2D eigenvalue weighted by molar-refractivity contribution is -0.137. The van der Waals surface area contributed by atoms with Crippen molar-refractivity contribution in [1.82, 2.24) is 0 Å². The van der Waals surface area contributed by atoms with Crippen molar-refractivity contribution in [2.45, 2.75) is 19.0 Å². The molecule has 0 bridgehead atoms. The summed E-state index contributed by atoms with van der Waals surface area (Å²) in [5.74, 6) is 0.630. The summed E-state index contributed by atoms with van der Waals surface area (Å²) in [5.41, 5.74) is -1.31. The largest absolute Gasteiger partial charge is 0.493 e. The first-order chi connectivity index (χ1) is 8.00. The summed E-state index contributed by atoms with van der Waals surface area (Å²) in [6, 6.07) is 3.41. The maximum Gasteiger partial charge on any atom is 0.417 e. The number of hydrogen-bond acceptors (Lipinski definition) is 2. The highest BCUT2D eigenvalue weighted by molar-refractivity contribution is 5.78. The van der Waals surface area contributed by atoms with E-state index in [9.17, 15) is 18.0 Å². The molecule has 1 fully saturated rings. The second-order valence-electron chi connectivity index (χ2n) is 4.12. The zero-order chi connectivity index (χ0) is 12.5. The van der Waals surface area contributed by atoms with Gasteiger partial charge in [-0.3, -0.25) is 4.79 Å². The third-order valence-corrected chi connectivity index (χ3v) is 2.64. The van der Waals surface area contributed by atoms with Gasteiger partial charge in [-0.15, -0.1) is 0 Å². The van der Waals surface area contributed by atoms with E-state index < -0.39 is 11.7 Å². The Balaban J connectivity index is 2.20. The van der Waals surface area contributed by atoms with Crippen molar-refractivity contribution in [3.63, 3.8) is 0 Å². The van der Waals surface area contributed by atoms with Crippen molar-refractivity contribution < 1.29 is 22.7 Å². The smallest absolute Gasteiger partial charge is 0.417 e. The first-order valence-corrected chi connectivity index (χ1v) is 5.30. The van der Waals surface area contributed by atoms with Gasteiger partial charge in [0, 0.05) is 5.56 Å². The normalized spacial score (nSPS) is 15.7. The van der Waals surface area contributed by atoms with Gasteiger partial charge in [0.05, 0.1) is 12.2 Å². The van der Waals surface area contributed by atoms with Crippen LogP contribution in [0.5, 0.6) is 5.75 Å². The van der Waals surface area contributed by atoms with Gasteiger partial charge in [0.1, 0.15) is 5.75 Å². The molecule has 0 aromatic heterocycles. The SMILES string of the molecule is O=Cc1ccc(OCC2CC2)cc1C(F)(F)F. The van der Waals surface area contributed by atoms with Crippen LogP contribution in [0.25, 0.3) is 0 Å². The molecule has 0 N–H and O–H groups in total. The van der Waals surface area contributed by atoms with Crippen molar-refractivity contribution in [2.75, 3.05) is 6.61 Å². The average molecular weight is 244 g/mol. The zero-order valence-electron chi connectivity index (χ0n) is 8.96. The summed E-state index contributed by atoms with van der Waals surface area (Å²) in [7, 11) is 0. The van der Waals surface area contributed by atoms with E-state index >= 15 is 0 Å². The van der Waals surface area contributed by atoms with E-state index in [2.05, 4.69) is 0 Å². The summed E-state index contributed by atoms with van der Waals surface area (Å²) in [4.78, 5) is 10.5. The molecule has 0 spiro atoms. The third kappa shape index (κ3) is 2.99. The fourth-order valence-corrected chi connectivity index (χ4v) is 1.47. The number of rotatable bonds is 4. The molecule has 1 aromatic carbocycles. The lowest BCUT2D eigenvalue weighted by Gasteiger charge is -2.12. The highest BCUT2D eigenvalue weighted by Gasteiger charge is 2.34. The minimum absolute atomic E-state index is 0.162. The quantitative estimate of drug-likeness (QED) is 0.759. The maximum absolute atomic E-state index is 12.6. The second kappa shape index (κ2) is 4.39. The van der Waals surface area contributed by atoms with Crippen LogP contribution in [0.4, 0.5) is 13.2 Å². The molecule has 1 aliphatic carbocycles. The molecule has 0 heterocycles. The molecule has 5 heteroatoms. The Hall–Kier alpha value is -1.52. The zero-order valence-corrected chi connectivity index (χ0v) is 8.96. The van der Waals surface area contributed by atoms with Crippen molar-refractivity contribution in [1.29, 1.82) is 0 Å². The molecule has 2 nitrogen and oxygen atoms in total. The Morgan fingerprint density at radius 1 is 1.35 bits per heavy atom. The number of benzene rings is 1. The predicted molar refractivity (Wildman–Crippen MR) is 55.1 cm³/mol. The summed E-state index contributed by atoms with van der Waals surface area (Å²) in [5, 5.41) is 0. The number of carbonyl (C=O) groups excluding carboxylic acids is 1. The first kappa shape index (κ1) is 12.0. The van der Waals surface area contributed by atoms with Crippen LogP contribution < -0.4 is 4.74 Å². The van der Waals surface area contributed by atoms with Crippen LogP contribution in [0.15, 0.2) is 18.2 Å². The number of aldehydes is 1. The molecular formula is C12H11F3O2. The monoisotopic (exact) mass is 244 g/mol. The van der Waals surface area contributed by atoms with E-state index in [-0.39, 0.29) is 17.6 Å². The van der Waals surface area contributed by atoms with Gasteiger partial charge in [0.25, 0.3) is 0 Å². The fraction of sp³-hybridized carbons (Fsp3) is 0.417. The molecular weight excluding hydrogens is 233 g/mol. The first-order valence-electron chi connectivity index (χ1n) is 5.30. The standard InChI is InChI=1S/C12H11F3O2/c13-12(14,15)11-5-10(4-3-9(11)6-16)17-7-8-1-2-8/h3-6,8H,1-2,7H2. The number of alkyl halides is 3. The molecule has 17 heavy (non-hydrogen) atoms. The maximum atomic E-state index is 12.6. The highest BCUT2D eigenvalue weighted by atomic mass is 19.4. The van der Waals surface area contributed by atoms with Crippen LogP contribution in [0.1, 0.15) is 28.8 Å². The summed E-state index contributed by atoms with van der Waals surface area (Å²) < 4.78 is 43.1. The van der Waals surface area contributed by atoms with Crippen molar-refractivity contribution in [3.05, 3.63) is 29.3 Å². The van der Waals surface area contributed by atoms with Crippen molar-refractivity contribution >= 4 is 6.29 Å². The molecule has 1 aromatic rings. The van der Waals surface area contributed by atoms with Crippen LogP contribution >= 0.6 is 0 Å². The van der Waals surface area contributed by atoms with Crippen molar-refractivity contribution in [2.24, 2.45) is 5.92 Å². The van der Waals surface area contributed by atoms with Crippen molar-refractivity contribution in [3.8, 4) is 5.75 Å². The molecule has 0 radical (unpaired) electrons. The van der Waals surface area contributed by atoms with Gasteiger partial charge >= 0.3 is 6.18 Å². The lowest BCUT2D eigenvalue weighted by Crippen LogP contribution is -2.10. The highest BCUT2D eigenvalue weighted by Crippen LogP contribution is 2.35. The van der Waals surface area contributed by atoms with Gasteiger partial charge in [-0.25, -0.2) is 0 Å². The van der Waals surface area contributed by atoms with Crippen LogP contribution in [0.3, 0.4) is 0 Å². The molecule has 0 aliphatic heterocycles. The molecule has 0 amide bonds. The van der Waals surface area contributed by atoms with E-state index in [4.69, 9.17) is 4.74 Å². The van der Waals surface area contributed by atoms with E-state index in [1.54, 1.807) is 0 Å². The van der Waals surface area contributed by atoms with Gasteiger partial charge in [0.2, 0.25) is 0 Å². The third-order valence-electron chi connectivity index (χ3n) is 2.64. The Morgan fingerprint density at radius 2 is 2.06 bits per heavy atom. The number of hydrogen-bond donors (Lipinski definition) is 0. The van der Waals surface area contributed by atoms with E-state index in [1.807, 2.05) is 0 Å². The van der Waals surface area contributed by atoms with E-state index in [0.717, 1.165) is 25.0 Å². The van der Waals surface area contributed by atoms with Gasteiger partial charge in [-0.2, -0.15) is 13.2 Å². The van der Waals surface area contributed by atoms with Crippen LogP contribution in [-0.4, -0.2) is 12.9 Å². The Morgan fingerprint density at radius 3 is 2.59 bits per heavy atom. The molecule has 0 atom stereocenters. The fourth-order valence-electron chi connectivity index (χ4n) is 1.47. The average Bonchev–Trinajstić information content (AvgIpc) is 3.08. The minimum atomic E-state index is -4.53. The molecule has 1 aliphatic rings. The van der Waals surface area contributed by atoms with Crippen LogP contribution in [-0.2, 0) is 6.18 Å². The molecule has 92 valence electrons. The van der Waals surface area contributed by atoms with Crippen LogP contribution in [0, 0.1) is 5.92 Å². The summed E-state index contributed by atoms with van der Waals surface area (Å²) >= 11 is 0. The van der Waals surface area contributed by atoms with Gasteiger partial charge in [-0.1, -0.05) is 0 Å². The topological polar surface area (TPSA) is 26.3 Å². The van der Waals surface area contributed by atoms with E-state index in [1.165, 1.54) is 6.07 Å². The number of carbonyl (C=O) groups is 1. The molecule has 0 saturated heterocycles.